The van der Waals surface area contributed by atoms with E-state index in [-0.39, 0.29) is 0 Å². The van der Waals surface area contributed by atoms with Gasteiger partial charge in [0.15, 0.2) is 4.77 Å². The van der Waals surface area contributed by atoms with E-state index in [2.05, 4.69) is 28.6 Å². The zero-order valence-corrected chi connectivity index (χ0v) is 11.5. The minimum Gasteiger partial charge on any atom is -0.304 e. The highest BCUT2D eigenvalue weighted by Gasteiger charge is 2.41. The van der Waals surface area contributed by atoms with Crippen molar-refractivity contribution in [2.45, 2.75) is 52.0 Å². The van der Waals surface area contributed by atoms with Crippen molar-refractivity contribution in [3.63, 3.8) is 0 Å². The SMILES string of the molecule is CC(C)c1n[nH]c(=S)n1CC(C1CC1)C1CC1. The molecule has 1 aromatic heterocycles. The lowest BCUT2D eigenvalue weighted by atomic mass is 9.97. The average molecular weight is 251 g/mol. The molecule has 1 heterocycles. The van der Waals surface area contributed by atoms with Crippen LogP contribution in [0.2, 0.25) is 0 Å². The van der Waals surface area contributed by atoms with Gasteiger partial charge in [0.05, 0.1) is 0 Å². The van der Waals surface area contributed by atoms with Crippen LogP contribution in [0.25, 0.3) is 0 Å². The second-order valence-corrected chi connectivity index (χ2v) is 6.38. The Bertz CT molecular complexity index is 439. The Hall–Kier alpha value is -0.640. The van der Waals surface area contributed by atoms with Crippen LogP contribution in [-0.4, -0.2) is 14.8 Å². The van der Waals surface area contributed by atoms with E-state index in [4.69, 9.17) is 12.2 Å². The van der Waals surface area contributed by atoms with E-state index in [1.807, 2.05) is 0 Å². The quantitative estimate of drug-likeness (QED) is 0.813. The molecule has 94 valence electrons. The fourth-order valence-electron chi connectivity index (χ4n) is 2.89. The van der Waals surface area contributed by atoms with Crippen molar-refractivity contribution in [3.8, 4) is 0 Å². The molecule has 0 amide bonds. The summed E-state index contributed by atoms with van der Waals surface area (Å²) in [7, 11) is 0. The summed E-state index contributed by atoms with van der Waals surface area (Å²) >= 11 is 5.37. The molecule has 0 spiro atoms. The van der Waals surface area contributed by atoms with E-state index in [0.717, 1.165) is 34.9 Å². The topological polar surface area (TPSA) is 33.6 Å². The Balaban J connectivity index is 1.82. The van der Waals surface area contributed by atoms with Gasteiger partial charge < -0.3 is 4.57 Å². The maximum atomic E-state index is 5.37. The van der Waals surface area contributed by atoms with Gasteiger partial charge in [-0.2, -0.15) is 5.10 Å². The standard InChI is InChI=1S/C13H21N3S/c1-8(2)12-14-15-13(17)16(12)7-11(9-3-4-9)10-5-6-10/h8-11H,3-7H2,1-2H3,(H,15,17). The lowest BCUT2D eigenvalue weighted by molar-refractivity contribution is 0.340. The van der Waals surface area contributed by atoms with Gasteiger partial charge in [-0.15, -0.1) is 0 Å². The van der Waals surface area contributed by atoms with E-state index in [1.165, 1.54) is 25.7 Å². The minimum absolute atomic E-state index is 0.446. The highest BCUT2D eigenvalue weighted by Crippen LogP contribution is 2.50. The van der Waals surface area contributed by atoms with E-state index >= 15 is 0 Å². The first kappa shape index (κ1) is 11.5. The minimum atomic E-state index is 0.446. The predicted octanol–water partition coefficient (Wildman–Crippen LogP) is 3.50. The number of nitrogens with one attached hydrogen (secondary N) is 1. The largest absolute Gasteiger partial charge is 0.304 e. The third kappa shape index (κ3) is 2.32. The monoisotopic (exact) mass is 251 g/mol. The normalized spacial score (nSPS) is 20.5. The highest BCUT2D eigenvalue weighted by molar-refractivity contribution is 7.71. The van der Waals surface area contributed by atoms with Gasteiger partial charge in [-0.25, -0.2) is 0 Å². The number of rotatable bonds is 5. The molecule has 0 aromatic carbocycles. The highest BCUT2D eigenvalue weighted by atomic mass is 32.1. The van der Waals surface area contributed by atoms with E-state index in [0.29, 0.717) is 5.92 Å². The van der Waals surface area contributed by atoms with Crippen molar-refractivity contribution in [1.82, 2.24) is 14.8 Å². The molecule has 4 heteroatoms. The molecule has 0 atom stereocenters. The molecule has 0 bridgehead atoms. The van der Waals surface area contributed by atoms with Crippen LogP contribution in [0, 0.1) is 22.5 Å². The Labute approximate surface area is 108 Å². The van der Waals surface area contributed by atoms with E-state index < -0.39 is 0 Å². The average Bonchev–Trinajstić information content (AvgIpc) is 3.15. The molecule has 0 radical (unpaired) electrons. The van der Waals surface area contributed by atoms with Crippen molar-refractivity contribution in [2.24, 2.45) is 17.8 Å². The van der Waals surface area contributed by atoms with Crippen LogP contribution in [0.15, 0.2) is 0 Å². The van der Waals surface area contributed by atoms with Gasteiger partial charge >= 0.3 is 0 Å². The number of hydrogen-bond acceptors (Lipinski definition) is 2. The summed E-state index contributed by atoms with van der Waals surface area (Å²) in [6.45, 7) is 5.47. The van der Waals surface area contributed by atoms with Gasteiger partial charge in [-0.1, -0.05) is 13.8 Å². The number of aromatic amines is 1. The van der Waals surface area contributed by atoms with E-state index in [9.17, 15) is 0 Å². The van der Waals surface area contributed by atoms with Crippen molar-refractivity contribution in [2.75, 3.05) is 0 Å². The number of H-pyrrole nitrogens is 1. The summed E-state index contributed by atoms with van der Waals surface area (Å²) < 4.78 is 3.06. The summed E-state index contributed by atoms with van der Waals surface area (Å²) in [5, 5.41) is 7.33. The van der Waals surface area contributed by atoms with Crippen LogP contribution in [0.5, 0.6) is 0 Å². The Morgan fingerprint density at radius 2 is 1.88 bits per heavy atom. The van der Waals surface area contributed by atoms with Gasteiger partial charge in [-0.05, 0) is 55.7 Å². The van der Waals surface area contributed by atoms with Crippen LogP contribution in [-0.2, 0) is 6.54 Å². The van der Waals surface area contributed by atoms with Crippen molar-refractivity contribution in [1.29, 1.82) is 0 Å². The maximum absolute atomic E-state index is 5.37. The van der Waals surface area contributed by atoms with Crippen LogP contribution in [0.1, 0.15) is 51.3 Å². The first-order valence-corrected chi connectivity index (χ1v) is 7.22. The van der Waals surface area contributed by atoms with Gasteiger partial charge in [0, 0.05) is 12.5 Å². The fourth-order valence-corrected chi connectivity index (χ4v) is 3.10. The third-order valence-corrected chi connectivity index (χ3v) is 4.46. The number of hydrogen-bond donors (Lipinski definition) is 1. The predicted molar refractivity (Wildman–Crippen MR) is 70.4 cm³/mol. The lowest BCUT2D eigenvalue weighted by Gasteiger charge is -2.18. The van der Waals surface area contributed by atoms with Crippen molar-refractivity contribution < 1.29 is 0 Å². The summed E-state index contributed by atoms with van der Waals surface area (Å²) in [5.41, 5.74) is 0. The summed E-state index contributed by atoms with van der Waals surface area (Å²) in [6.07, 6.45) is 5.74. The van der Waals surface area contributed by atoms with Crippen molar-refractivity contribution in [3.05, 3.63) is 10.6 Å². The molecule has 2 saturated carbocycles. The zero-order valence-electron chi connectivity index (χ0n) is 10.6. The molecule has 1 N–H and O–H groups in total. The van der Waals surface area contributed by atoms with Gasteiger partial charge in [0.1, 0.15) is 5.82 Å². The van der Waals surface area contributed by atoms with E-state index in [1.54, 1.807) is 0 Å². The molecule has 2 aliphatic rings. The maximum Gasteiger partial charge on any atom is 0.195 e. The summed E-state index contributed by atoms with van der Waals surface area (Å²) in [4.78, 5) is 0. The molecule has 0 aliphatic heterocycles. The molecular formula is C13H21N3S. The van der Waals surface area contributed by atoms with Gasteiger partial charge in [-0.3, -0.25) is 5.10 Å². The molecule has 2 aliphatic carbocycles. The molecular weight excluding hydrogens is 230 g/mol. The lowest BCUT2D eigenvalue weighted by Crippen LogP contribution is -2.17. The molecule has 2 fully saturated rings. The van der Waals surface area contributed by atoms with Crippen LogP contribution >= 0.6 is 12.2 Å². The first-order chi connectivity index (χ1) is 8.16. The smallest absolute Gasteiger partial charge is 0.195 e. The fraction of sp³-hybridized carbons (Fsp3) is 0.846. The molecule has 3 nitrogen and oxygen atoms in total. The van der Waals surface area contributed by atoms with Crippen LogP contribution < -0.4 is 0 Å². The number of nitrogens with zero attached hydrogens (tertiary/aromatic N) is 2. The molecule has 17 heavy (non-hydrogen) atoms. The van der Waals surface area contributed by atoms with Crippen LogP contribution in [0.3, 0.4) is 0 Å². The van der Waals surface area contributed by atoms with Crippen molar-refractivity contribution >= 4 is 12.2 Å². The first-order valence-electron chi connectivity index (χ1n) is 6.82. The summed E-state index contributed by atoms with van der Waals surface area (Å²) in [6, 6.07) is 0. The Kier molecular flexibility index (Phi) is 2.85. The zero-order chi connectivity index (χ0) is 12.0. The number of aromatic nitrogens is 3. The van der Waals surface area contributed by atoms with Gasteiger partial charge in [0.25, 0.3) is 0 Å². The molecule has 1 aromatic rings. The second-order valence-electron chi connectivity index (χ2n) is 5.99. The molecule has 0 saturated heterocycles. The Morgan fingerprint density at radius 3 is 2.35 bits per heavy atom. The second kappa shape index (κ2) is 4.23. The molecule has 3 rings (SSSR count). The van der Waals surface area contributed by atoms with Gasteiger partial charge in [0.2, 0.25) is 0 Å². The third-order valence-electron chi connectivity index (χ3n) is 4.15. The summed E-state index contributed by atoms with van der Waals surface area (Å²) in [5.74, 6) is 4.37. The van der Waals surface area contributed by atoms with Crippen LogP contribution in [0.4, 0.5) is 0 Å². The molecule has 0 unspecified atom stereocenters. The Morgan fingerprint density at radius 1 is 1.29 bits per heavy atom.